The second kappa shape index (κ2) is 6.35. The topological polar surface area (TPSA) is 23.5 Å². The Morgan fingerprint density at radius 1 is 1.11 bits per heavy atom. The number of hydrogen-bond acceptors (Lipinski definition) is 2. The Hall–Kier alpha value is -0.860. The average molecular weight is 247 g/mol. The largest absolute Gasteiger partial charge is 0.391 e. The van der Waals surface area contributed by atoms with Crippen LogP contribution in [0.4, 0.5) is 0 Å². The molecule has 18 heavy (non-hydrogen) atoms. The summed E-state index contributed by atoms with van der Waals surface area (Å²) in [6.07, 6.45) is 5.59. The van der Waals surface area contributed by atoms with Crippen molar-refractivity contribution in [1.82, 2.24) is 4.90 Å². The van der Waals surface area contributed by atoms with Crippen LogP contribution in [-0.2, 0) is 0 Å². The van der Waals surface area contributed by atoms with Gasteiger partial charge in [-0.3, -0.25) is 4.90 Å². The molecule has 0 heterocycles. The summed E-state index contributed by atoms with van der Waals surface area (Å²) in [5.41, 5.74) is 1.33. The summed E-state index contributed by atoms with van der Waals surface area (Å²) in [5.74, 6) is 0. The van der Waals surface area contributed by atoms with E-state index >= 15 is 0 Å². The van der Waals surface area contributed by atoms with E-state index in [4.69, 9.17) is 0 Å². The second-order valence-corrected chi connectivity index (χ2v) is 5.52. The third kappa shape index (κ3) is 3.12. The monoisotopic (exact) mass is 247 g/mol. The first-order valence-corrected chi connectivity index (χ1v) is 7.15. The van der Waals surface area contributed by atoms with Crippen molar-refractivity contribution < 1.29 is 5.11 Å². The Labute approximate surface area is 111 Å². The lowest BCUT2D eigenvalue weighted by Gasteiger charge is -2.35. The summed E-state index contributed by atoms with van der Waals surface area (Å²) in [6.45, 7) is 2.23. The highest BCUT2D eigenvalue weighted by Gasteiger charge is 2.28. The Bertz CT molecular complexity index is 351. The van der Waals surface area contributed by atoms with Crippen molar-refractivity contribution in [2.75, 3.05) is 7.05 Å². The molecule has 0 aliphatic heterocycles. The third-order valence-electron chi connectivity index (χ3n) is 4.36. The third-order valence-corrected chi connectivity index (χ3v) is 4.36. The van der Waals surface area contributed by atoms with Crippen molar-refractivity contribution in [3.05, 3.63) is 35.9 Å². The molecule has 3 atom stereocenters. The summed E-state index contributed by atoms with van der Waals surface area (Å²) in [6, 6.07) is 11.2. The van der Waals surface area contributed by atoms with Gasteiger partial charge in [0.1, 0.15) is 0 Å². The molecule has 1 aliphatic rings. The van der Waals surface area contributed by atoms with Crippen LogP contribution < -0.4 is 0 Å². The van der Waals surface area contributed by atoms with E-state index in [9.17, 15) is 5.11 Å². The highest BCUT2D eigenvalue weighted by Crippen LogP contribution is 2.28. The molecule has 1 aromatic rings. The molecule has 1 aliphatic carbocycles. The molecule has 2 heteroatoms. The van der Waals surface area contributed by atoms with Crippen LogP contribution in [0.1, 0.15) is 50.6 Å². The Balaban J connectivity index is 2.07. The van der Waals surface area contributed by atoms with Gasteiger partial charge in [0.15, 0.2) is 0 Å². The minimum atomic E-state index is -0.163. The second-order valence-electron chi connectivity index (χ2n) is 5.52. The van der Waals surface area contributed by atoms with Crippen molar-refractivity contribution in [3.8, 4) is 0 Å². The molecule has 0 bridgehead atoms. The molecule has 0 spiro atoms. The molecular formula is C16H25NO. The summed E-state index contributed by atoms with van der Waals surface area (Å²) >= 11 is 0. The van der Waals surface area contributed by atoms with Crippen LogP contribution in [0.3, 0.4) is 0 Å². The van der Waals surface area contributed by atoms with Crippen molar-refractivity contribution in [3.63, 3.8) is 0 Å². The first kappa shape index (κ1) is 13.6. The Morgan fingerprint density at radius 2 is 1.78 bits per heavy atom. The number of aliphatic hydroxyl groups is 1. The normalized spacial score (nSPS) is 26.9. The molecule has 2 rings (SSSR count). The molecule has 100 valence electrons. The summed E-state index contributed by atoms with van der Waals surface area (Å²) in [4.78, 5) is 2.35. The van der Waals surface area contributed by atoms with Gasteiger partial charge in [-0.2, -0.15) is 0 Å². The van der Waals surface area contributed by atoms with Crippen LogP contribution in [0.25, 0.3) is 0 Å². The molecule has 2 nitrogen and oxygen atoms in total. The molecule has 1 fully saturated rings. The number of nitrogens with zero attached hydrogens (tertiary/aromatic N) is 1. The maximum Gasteiger partial charge on any atom is 0.0695 e. The zero-order valence-corrected chi connectivity index (χ0v) is 11.5. The number of rotatable bonds is 3. The lowest BCUT2D eigenvalue weighted by atomic mass is 10.00. The van der Waals surface area contributed by atoms with E-state index in [-0.39, 0.29) is 6.10 Å². The van der Waals surface area contributed by atoms with Crippen LogP contribution in [0, 0.1) is 0 Å². The highest BCUT2D eigenvalue weighted by molar-refractivity contribution is 5.18. The van der Waals surface area contributed by atoms with Crippen LogP contribution >= 0.6 is 0 Å². The van der Waals surface area contributed by atoms with Crippen LogP contribution in [0.2, 0.25) is 0 Å². The molecule has 1 unspecified atom stereocenters. The predicted octanol–water partition coefficient (Wildman–Crippen LogP) is 3.37. The maximum atomic E-state index is 10.3. The molecule has 0 aromatic heterocycles. The SMILES string of the molecule is C[C@@H](c1ccccc1)N(C)[C@@H]1CCCCCC1O. The van der Waals surface area contributed by atoms with E-state index in [2.05, 4.69) is 49.2 Å². The number of benzene rings is 1. The molecule has 0 saturated heterocycles. The van der Waals surface area contributed by atoms with E-state index < -0.39 is 0 Å². The van der Waals surface area contributed by atoms with E-state index in [1.54, 1.807) is 0 Å². The van der Waals surface area contributed by atoms with Gasteiger partial charge in [-0.25, -0.2) is 0 Å². The first-order valence-electron chi connectivity index (χ1n) is 7.15. The molecule has 1 aromatic carbocycles. The Kier molecular flexibility index (Phi) is 4.79. The maximum absolute atomic E-state index is 10.3. The van der Waals surface area contributed by atoms with Gasteiger partial charge in [0.05, 0.1) is 6.10 Å². The van der Waals surface area contributed by atoms with Gasteiger partial charge >= 0.3 is 0 Å². The number of hydrogen-bond donors (Lipinski definition) is 1. The van der Waals surface area contributed by atoms with E-state index in [0.29, 0.717) is 12.1 Å². The zero-order valence-electron chi connectivity index (χ0n) is 11.5. The first-order chi connectivity index (χ1) is 8.70. The van der Waals surface area contributed by atoms with Crippen molar-refractivity contribution in [2.24, 2.45) is 0 Å². The van der Waals surface area contributed by atoms with E-state index in [0.717, 1.165) is 12.8 Å². The van der Waals surface area contributed by atoms with Gasteiger partial charge < -0.3 is 5.11 Å². The van der Waals surface area contributed by atoms with Gasteiger partial charge in [-0.05, 0) is 32.4 Å². The fourth-order valence-corrected chi connectivity index (χ4v) is 3.00. The van der Waals surface area contributed by atoms with Gasteiger partial charge in [-0.15, -0.1) is 0 Å². The summed E-state index contributed by atoms with van der Waals surface area (Å²) < 4.78 is 0. The zero-order chi connectivity index (χ0) is 13.0. The fraction of sp³-hybridized carbons (Fsp3) is 0.625. The molecule has 1 saturated carbocycles. The standard InChI is InChI=1S/C16H25NO/c1-13(14-9-5-3-6-10-14)17(2)15-11-7-4-8-12-16(15)18/h3,5-6,9-10,13,15-16,18H,4,7-8,11-12H2,1-2H3/t13-,15+,16?/m0/s1. The molecule has 0 amide bonds. The number of likely N-dealkylation sites (N-methyl/N-ethyl adjacent to an activating group) is 1. The number of aliphatic hydroxyl groups excluding tert-OH is 1. The minimum Gasteiger partial charge on any atom is -0.391 e. The van der Waals surface area contributed by atoms with Gasteiger partial charge in [-0.1, -0.05) is 49.6 Å². The van der Waals surface area contributed by atoms with Crippen LogP contribution in [0.5, 0.6) is 0 Å². The van der Waals surface area contributed by atoms with Crippen LogP contribution in [0.15, 0.2) is 30.3 Å². The summed E-state index contributed by atoms with van der Waals surface area (Å²) in [7, 11) is 2.15. The van der Waals surface area contributed by atoms with Gasteiger partial charge in [0, 0.05) is 12.1 Å². The minimum absolute atomic E-state index is 0.163. The quantitative estimate of drug-likeness (QED) is 0.828. The smallest absolute Gasteiger partial charge is 0.0695 e. The lowest BCUT2D eigenvalue weighted by Crippen LogP contribution is -2.41. The molecule has 1 N–H and O–H groups in total. The highest BCUT2D eigenvalue weighted by atomic mass is 16.3. The van der Waals surface area contributed by atoms with E-state index in [1.807, 2.05) is 0 Å². The molecule has 0 radical (unpaired) electrons. The van der Waals surface area contributed by atoms with Crippen molar-refractivity contribution in [2.45, 2.75) is 57.2 Å². The van der Waals surface area contributed by atoms with Crippen molar-refractivity contribution >= 4 is 0 Å². The lowest BCUT2D eigenvalue weighted by molar-refractivity contribution is 0.0392. The molecular weight excluding hydrogens is 222 g/mol. The fourth-order valence-electron chi connectivity index (χ4n) is 3.00. The van der Waals surface area contributed by atoms with Crippen molar-refractivity contribution in [1.29, 1.82) is 0 Å². The predicted molar refractivity (Wildman–Crippen MR) is 75.5 cm³/mol. The average Bonchev–Trinajstić information content (AvgIpc) is 2.63. The van der Waals surface area contributed by atoms with Gasteiger partial charge in [0.25, 0.3) is 0 Å². The van der Waals surface area contributed by atoms with Gasteiger partial charge in [0.2, 0.25) is 0 Å². The van der Waals surface area contributed by atoms with Crippen LogP contribution in [-0.4, -0.2) is 29.2 Å². The summed E-state index contributed by atoms with van der Waals surface area (Å²) in [5, 5.41) is 10.3. The Morgan fingerprint density at radius 3 is 2.50 bits per heavy atom. The van der Waals surface area contributed by atoms with E-state index in [1.165, 1.54) is 24.8 Å².